The van der Waals surface area contributed by atoms with E-state index in [2.05, 4.69) is 11.0 Å². The molecule has 0 saturated carbocycles. The third-order valence-electron chi connectivity index (χ3n) is 2.91. The number of thioether (sulfide) groups is 1. The van der Waals surface area contributed by atoms with Crippen molar-refractivity contribution in [3.8, 4) is 0 Å². The molecule has 0 fully saturated rings. The van der Waals surface area contributed by atoms with Gasteiger partial charge in [-0.2, -0.15) is 11.8 Å². The molecule has 0 unspecified atom stereocenters. The quantitative estimate of drug-likeness (QED) is 0.642. The molecule has 0 spiro atoms. The van der Waals surface area contributed by atoms with E-state index >= 15 is 0 Å². The minimum atomic E-state index is -3.50. The zero-order valence-electron chi connectivity index (χ0n) is 12.0. The summed E-state index contributed by atoms with van der Waals surface area (Å²) < 4.78 is 26.6. The predicted octanol–water partition coefficient (Wildman–Crippen LogP) is 2.13. The molecule has 21 heavy (non-hydrogen) atoms. The van der Waals surface area contributed by atoms with Crippen LogP contribution in [0, 0.1) is 0 Å². The minimum absolute atomic E-state index is 0.108. The fraction of sp³-hybridized carbons (Fsp3) is 0.500. The number of unbranched alkanes of at least 4 members (excludes halogenated alkanes) is 2. The Bertz CT molecular complexity index is 541. The molecule has 2 N–H and O–H groups in total. The first-order chi connectivity index (χ1) is 9.95. The van der Waals surface area contributed by atoms with E-state index in [0.717, 1.165) is 25.0 Å². The highest BCUT2D eigenvalue weighted by molar-refractivity contribution is 7.98. The maximum atomic E-state index is 12.0. The average molecular weight is 331 g/mol. The molecule has 1 aromatic rings. The van der Waals surface area contributed by atoms with Crippen LogP contribution in [0.5, 0.6) is 0 Å². The molecule has 0 heterocycles. The number of hydrogen-bond acceptors (Lipinski definition) is 4. The van der Waals surface area contributed by atoms with Crippen molar-refractivity contribution in [1.29, 1.82) is 0 Å². The lowest BCUT2D eigenvalue weighted by atomic mass is 10.2. The Morgan fingerprint density at radius 3 is 2.43 bits per heavy atom. The topological polar surface area (TPSA) is 83.5 Å². The number of aliphatic carboxylic acids is 1. The van der Waals surface area contributed by atoms with Crippen molar-refractivity contribution in [1.82, 2.24) is 4.72 Å². The normalized spacial score (nSPS) is 11.5. The number of sulfonamides is 1. The molecular formula is C14H21NO4S2. The highest BCUT2D eigenvalue weighted by Crippen LogP contribution is 2.11. The SMILES string of the molecule is CSCCCCCNS(=O)(=O)c1ccc(CC(=O)O)cc1. The molecule has 0 aliphatic carbocycles. The summed E-state index contributed by atoms with van der Waals surface area (Å²) in [5, 5.41) is 8.67. The molecule has 0 aliphatic rings. The van der Waals surface area contributed by atoms with E-state index in [4.69, 9.17) is 5.11 Å². The van der Waals surface area contributed by atoms with Crippen LogP contribution >= 0.6 is 11.8 Å². The zero-order chi connectivity index (χ0) is 15.7. The standard InChI is InChI=1S/C14H21NO4S2/c1-20-10-4-2-3-9-15-21(18,19)13-7-5-12(6-8-13)11-14(16)17/h5-8,15H,2-4,9-11H2,1H3,(H,16,17). The van der Waals surface area contributed by atoms with Crippen LogP contribution in [0.3, 0.4) is 0 Å². The molecule has 1 aromatic carbocycles. The number of carboxylic acids is 1. The molecule has 118 valence electrons. The van der Waals surface area contributed by atoms with E-state index in [9.17, 15) is 13.2 Å². The van der Waals surface area contributed by atoms with Crippen molar-refractivity contribution in [3.63, 3.8) is 0 Å². The predicted molar refractivity (Wildman–Crippen MR) is 85.2 cm³/mol. The van der Waals surface area contributed by atoms with Gasteiger partial charge in [0.05, 0.1) is 11.3 Å². The van der Waals surface area contributed by atoms with Crippen LogP contribution in [0.1, 0.15) is 24.8 Å². The van der Waals surface area contributed by atoms with Gasteiger partial charge in [-0.05, 0) is 42.5 Å². The summed E-state index contributed by atoms with van der Waals surface area (Å²) in [6.07, 6.45) is 4.85. The van der Waals surface area contributed by atoms with E-state index < -0.39 is 16.0 Å². The Kier molecular flexibility index (Phi) is 7.77. The van der Waals surface area contributed by atoms with Crippen molar-refractivity contribution >= 4 is 27.8 Å². The van der Waals surface area contributed by atoms with Gasteiger partial charge in [0.25, 0.3) is 0 Å². The fourth-order valence-electron chi connectivity index (χ4n) is 1.80. The first-order valence-electron chi connectivity index (χ1n) is 6.75. The second-order valence-electron chi connectivity index (χ2n) is 4.67. The van der Waals surface area contributed by atoms with Crippen LogP contribution in [0.15, 0.2) is 29.2 Å². The van der Waals surface area contributed by atoms with Crippen molar-refractivity contribution < 1.29 is 18.3 Å². The maximum absolute atomic E-state index is 12.0. The lowest BCUT2D eigenvalue weighted by molar-refractivity contribution is -0.136. The summed E-state index contributed by atoms with van der Waals surface area (Å²) in [6.45, 7) is 0.424. The number of carbonyl (C=O) groups is 1. The number of benzene rings is 1. The average Bonchev–Trinajstić information content (AvgIpc) is 2.42. The van der Waals surface area contributed by atoms with E-state index in [1.807, 2.05) is 0 Å². The van der Waals surface area contributed by atoms with Crippen LogP contribution in [0.2, 0.25) is 0 Å². The smallest absolute Gasteiger partial charge is 0.307 e. The Labute approximate surface area is 130 Å². The summed E-state index contributed by atoms with van der Waals surface area (Å²) in [7, 11) is -3.50. The molecule has 0 bridgehead atoms. The monoisotopic (exact) mass is 331 g/mol. The zero-order valence-corrected chi connectivity index (χ0v) is 13.7. The molecule has 5 nitrogen and oxygen atoms in total. The van der Waals surface area contributed by atoms with Gasteiger partial charge >= 0.3 is 5.97 Å². The largest absolute Gasteiger partial charge is 0.481 e. The van der Waals surface area contributed by atoms with E-state index in [1.54, 1.807) is 11.8 Å². The fourth-order valence-corrected chi connectivity index (χ4v) is 3.37. The van der Waals surface area contributed by atoms with Crippen LogP contribution in [0.25, 0.3) is 0 Å². The maximum Gasteiger partial charge on any atom is 0.307 e. The summed E-state index contributed by atoms with van der Waals surface area (Å²) >= 11 is 1.79. The highest BCUT2D eigenvalue weighted by atomic mass is 32.2. The Morgan fingerprint density at radius 1 is 1.19 bits per heavy atom. The van der Waals surface area contributed by atoms with Crippen molar-refractivity contribution in [2.45, 2.75) is 30.6 Å². The minimum Gasteiger partial charge on any atom is -0.481 e. The van der Waals surface area contributed by atoms with Gasteiger partial charge in [-0.15, -0.1) is 0 Å². The molecular weight excluding hydrogens is 310 g/mol. The van der Waals surface area contributed by atoms with Crippen molar-refractivity contribution in [2.24, 2.45) is 0 Å². The summed E-state index contributed by atoms with van der Waals surface area (Å²) in [4.78, 5) is 10.7. The lowest BCUT2D eigenvalue weighted by Crippen LogP contribution is -2.24. The van der Waals surface area contributed by atoms with Crippen LogP contribution in [-0.4, -0.2) is 38.0 Å². The van der Waals surface area contributed by atoms with E-state index in [-0.39, 0.29) is 11.3 Å². The summed E-state index contributed by atoms with van der Waals surface area (Å²) in [5.41, 5.74) is 0.582. The van der Waals surface area contributed by atoms with Gasteiger partial charge in [0.1, 0.15) is 0 Å². The van der Waals surface area contributed by atoms with Crippen molar-refractivity contribution in [3.05, 3.63) is 29.8 Å². The van der Waals surface area contributed by atoms with Gasteiger partial charge in [-0.3, -0.25) is 4.79 Å². The van der Waals surface area contributed by atoms with Gasteiger partial charge in [-0.1, -0.05) is 18.6 Å². The summed E-state index contributed by atoms with van der Waals surface area (Å²) in [6, 6.07) is 5.94. The van der Waals surface area contributed by atoms with Crippen LogP contribution in [0.4, 0.5) is 0 Å². The van der Waals surface area contributed by atoms with E-state index in [1.165, 1.54) is 24.3 Å². The first kappa shape index (κ1) is 18.0. The Balaban J connectivity index is 2.48. The van der Waals surface area contributed by atoms with Crippen LogP contribution in [-0.2, 0) is 21.2 Å². The third-order valence-corrected chi connectivity index (χ3v) is 5.08. The first-order valence-corrected chi connectivity index (χ1v) is 9.63. The lowest BCUT2D eigenvalue weighted by Gasteiger charge is -2.07. The number of hydrogen-bond donors (Lipinski definition) is 2. The number of nitrogens with one attached hydrogen (secondary N) is 1. The molecule has 0 radical (unpaired) electrons. The Hall–Kier alpha value is -1.05. The van der Waals surface area contributed by atoms with Gasteiger partial charge < -0.3 is 5.11 Å². The molecule has 0 aliphatic heterocycles. The second-order valence-corrected chi connectivity index (χ2v) is 7.42. The number of rotatable bonds is 10. The van der Waals surface area contributed by atoms with E-state index in [0.29, 0.717) is 12.1 Å². The van der Waals surface area contributed by atoms with Gasteiger partial charge in [0.15, 0.2) is 0 Å². The molecule has 0 amide bonds. The third kappa shape index (κ3) is 6.97. The highest BCUT2D eigenvalue weighted by Gasteiger charge is 2.13. The molecule has 0 aromatic heterocycles. The summed E-state index contributed by atoms with van der Waals surface area (Å²) in [5.74, 6) is 0.159. The second kappa shape index (κ2) is 9.07. The van der Waals surface area contributed by atoms with Crippen LogP contribution < -0.4 is 4.72 Å². The molecule has 0 atom stereocenters. The van der Waals surface area contributed by atoms with Crippen molar-refractivity contribution in [2.75, 3.05) is 18.6 Å². The van der Waals surface area contributed by atoms with Gasteiger partial charge in [-0.25, -0.2) is 13.1 Å². The Morgan fingerprint density at radius 2 is 1.86 bits per heavy atom. The van der Waals surface area contributed by atoms with Gasteiger partial charge in [0.2, 0.25) is 10.0 Å². The van der Waals surface area contributed by atoms with Gasteiger partial charge in [0, 0.05) is 6.54 Å². The molecule has 7 heteroatoms. The molecule has 1 rings (SSSR count). The number of carboxylic acid groups (broad SMARTS) is 1. The molecule has 0 saturated heterocycles.